The Labute approximate surface area is 138 Å². The van der Waals surface area contributed by atoms with Crippen LogP contribution in [-0.2, 0) is 4.79 Å². The number of halogens is 3. The number of anilines is 2. The standard InChI is InChI=1S/C13H13F3N4OS2/c1-8(10(21)17-7-13(14,15)16)22-12-20-19-11(23-12)18-9-5-3-2-4-6-9/h2-6,8H,7H2,1H3,(H,17,21)(H,18,19). The van der Waals surface area contributed by atoms with Gasteiger partial charge in [-0.2, -0.15) is 13.2 Å². The summed E-state index contributed by atoms with van der Waals surface area (Å²) in [4.78, 5) is 11.6. The molecule has 1 aromatic heterocycles. The predicted octanol–water partition coefficient (Wildman–Crippen LogP) is 3.44. The highest BCUT2D eigenvalue weighted by atomic mass is 32.2. The summed E-state index contributed by atoms with van der Waals surface area (Å²) in [5, 5.41) is 12.6. The Balaban J connectivity index is 1.87. The van der Waals surface area contributed by atoms with Gasteiger partial charge < -0.3 is 10.6 Å². The summed E-state index contributed by atoms with van der Waals surface area (Å²) in [6.45, 7) is 0.176. The van der Waals surface area contributed by atoms with Crippen LogP contribution in [0.3, 0.4) is 0 Å². The van der Waals surface area contributed by atoms with Gasteiger partial charge in [0, 0.05) is 5.69 Å². The van der Waals surface area contributed by atoms with Gasteiger partial charge in [0.25, 0.3) is 0 Å². The van der Waals surface area contributed by atoms with Crippen molar-refractivity contribution in [1.82, 2.24) is 15.5 Å². The summed E-state index contributed by atoms with van der Waals surface area (Å²) in [6.07, 6.45) is -4.42. The number of thioether (sulfide) groups is 1. The van der Waals surface area contributed by atoms with Crippen molar-refractivity contribution in [2.75, 3.05) is 11.9 Å². The molecule has 0 spiro atoms. The summed E-state index contributed by atoms with van der Waals surface area (Å²) in [5.74, 6) is -0.694. The minimum Gasteiger partial charge on any atom is -0.346 e. The second kappa shape index (κ2) is 7.64. The van der Waals surface area contributed by atoms with E-state index in [1.54, 1.807) is 0 Å². The molecule has 2 aromatic rings. The van der Waals surface area contributed by atoms with E-state index in [0.29, 0.717) is 9.47 Å². The molecule has 0 aliphatic rings. The number of rotatable bonds is 6. The third kappa shape index (κ3) is 6.06. The molecule has 2 N–H and O–H groups in total. The summed E-state index contributed by atoms with van der Waals surface area (Å²) < 4.78 is 36.7. The van der Waals surface area contributed by atoms with E-state index in [4.69, 9.17) is 0 Å². The lowest BCUT2D eigenvalue weighted by Gasteiger charge is -2.11. The zero-order valence-electron chi connectivity index (χ0n) is 11.9. The van der Waals surface area contributed by atoms with E-state index >= 15 is 0 Å². The Morgan fingerprint density at radius 2 is 2.00 bits per heavy atom. The van der Waals surface area contributed by atoms with Gasteiger partial charge in [0.05, 0.1) is 5.25 Å². The molecule has 0 fully saturated rings. The van der Waals surface area contributed by atoms with Gasteiger partial charge in [-0.3, -0.25) is 4.79 Å². The Hall–Kier alpha value is -1.81. The molecule has 0 radical (unpaired) electrons. The molecule has 23 heavy (non-hydrogen) atoms. The fraction of sp³-hybridized carbons (Fsp3) is 0.308. The van der Waals surface area contributed by atoms with Gasteiger partial charge in [0.15, 0.2) is 4.34 Å². The lowest BCUT2D eigenvalue weighted by Crippen LogP contribution is -2.37. The molecular formula is C13H13F3N4OS2. The predicted molar refractivity (Wildman–Crippen MR) is 84.0 cm³/mol. The van der Waals surface area contributed by atoms with E-state index in [-0.39, 0.29) is 0 Å². The topological polar surface area (TPSA) is 66.9 Å². The van der Waals surface area contributed by atoms with Gasteiger partial charge in [-0.05, 0) is 19.1 Å². The first-order valence-corrected chi connectivity index (χ1v) is 8.20. The summed E-state index contributed by atoms with van der Waals surface area (Å²) in [7, 11) is 0. The van der Waals surface area contributed by atoms with Gasteiger partial charge in [0.1, 0.15) is 6.54 Å². The lowest BCUT2D eigenvalue weighted by molar-refractivity contribution is -0.137. The Morgan fingerprint density at radius 3 is 2.65 bits per heavy atom. The number of carbonyl (C=O) groups is 1. The quantitative estimate of drug-likeness (QED) is 0.771. The molecular weight excluding hydrogens is 349 g/mol. The molecule has 1 unspecified atom stereocenters. The zero-order chi connectivity index (χ0) is 16.9. The van der Waals surface area contributed by atoms with Crippen molar-refractivity contribution >= 4 is 39.8 Å². The van der Waals surface area contributed by atoms with Gasteiger partial charge in [0.2, 0.25) is 11.0 Å². The first kappa shape index (κ1) is 17.5. The van der Waals surface area contributed by atoms with Crippen LogP contribution in [0.1, 0.15) is 6.92 Å². The molecule has 0 aliphatic carbocycles. The minimum absolute atomic E-state index is 0.498. The molecule has 0 saturated carbocycles. The third-order valence-corrected chi connectivity index (χ3v) is 4.56. The monoisotopic (exact) mass is 362 g/mol. The Kier molecular flexibility index (Phi) is 5.83. The molecule has 0 bridgehead atoms. The van der Waals surface area contributed by atoms with E-state index in [1.807, 2.05) is 35.6 Å². The van der Waals surface area contributed by atoms with Crippen LogP contribution in [0.2, 0.25) is 0 Å². The van der Waals surface area contributed by atoms with Crippen molar-refractivity contribution in [3.8, 4) is 0 Å². The average molecular weight is 362 g/mol. The number of hydrogen-bond donors (Lipinski definition) is 2. The Bertz CT molecular complexity index is 648. The number of carbonyl (C=O) groups excluding carboxylic acids is 1. The molecule has 10 heteroatoms. The van der Waals surface area contributed by atoms with Crippen LogP contribution in [0.25, 0.3) is 0 Å². The minimum atomic E-state index is -4.42. The largest absolute Gasteiger partial charge is 0.405 e. The molecule has 1 amide bonds. The normalized spacial score (nSPS) is 12.7. The van der Waals surface area contributed by atoms with Gasteiger partial charge in [-0.25, -0.2) is 0 Å². The number of aromatic nitrogens is 2. The maximum absolute atomic E-state index is 12.1. The fourth-order valence-electron chi connectivity index (χ4n) is 1.49. The van der Waals surface area contributed by atoms with Gasteiger partial charge in [-0.15, -0.1) is 10.2 Å². The van der Waals surface area contributed by atoms with E-state index in [9.17, 15) is 18.0 Å². The maximum atomic E-state index is 12.1. The van der Waals surface area contributed by atoms with Crippen molar-refractivity contribution in [3.05, 3.63) is 30.3 Å². The molecule has 1 atom stereocenters. The van der Waals surface area contributed by atoms with Gasteiger partial charge >= 0.3 is 6.18 Å². The number of hydrogen-bond acceptors (Lipinski definition) is 6. The van der Waals surface area contributed by atoms with Crippen molar-refractivity contribution in [3.63, 3.8) is 0 Å². The van der Waals surface area contributed by atoms with Crippen LogP contribution in [-0.4, -0.2) is 34.1 Å². The first-order valence-electron chi connectivity index (χ1n) is 6.50. The number of alkyl halides is 3. The second-order valence-corrected chi connectivity index (χ2v) is 7.02. The van der Waals surface area contributed by atoms with Crippen molar-refractivity contribution in [2.24, 2.45) is 0 Å². The van der Waals surface area contributed by atoms with E-state index in [1.165, 1.54) is 18.3 Å². The smallest absolute Gasteiger partial charge is 0.346 e. The van der Waals surface area contributed by atoms with Crippen LogP contribution in [0, 0.1) is 0 Å². The third-order valence-electron chi connectivity index (χ3n) is 2.54. The number of nitrogens with zero attached hydrogens (tertiary/aromatic N) is 2. The SMILES string of the molecule is CC(Sc1nnc(Nc2ccccc2)s1)C(=O)NCC(F)(F)F. The number of benzene rings is 1. The summed E-state index contributed by atoms with van der Waals surface area (Å²) >= 11 is 2.28. The number of nitrogens with one attached hydrogen (secondary N) is 2. The molecule has 1 aromatic carbocycles. The molecule has 124 valence electrons. The zero-order valence-corrected chi connectivity index (χ0v) is 13.6. The Morgan fingerprint density at radius 1 is 1.30 bits per heavy atom. The lowest BCUT2D eigenvalue weighted by atomic mass is 10.3. The van der Waals surface area contributed by atoms with Crippen molar-refractivity contribution < 1.29 is 18.0 Å². The molecule has 1 heterocycles. The van der Waals surface area contributed by atoms with Crippen LogP contribution >= 0.6 is 23.1 Å². The van der Waals surface area contributed by atoms with Crippen LogP contribution in [0.15, 0.2) is 34.7 Å². The highest BCUT2D eigenvalue weighted by molar-refractivity contribution is 8.02. The first-order chi connectivity index (χ1) is 10.8. The summed E-state index contributed by atoms with van der Waals surface area (Å²) in [5.41, 5.74) is 0.844. The van der Waals surface area contributed by atoms with Crippen molar-refractivity contribution in [1.29, 1.82) is 0 Å². The fourth-order valence-corrected chi connectivity index (χ4v) is 3.43. The van der Waals surface area contributed by atoms with E-state index in [2.05, 4.69) is 15.5 Å². The average Bonchev–Trinajstić information content (AvgIpc) is 2.92. The molecule has 5 nitrogen and oxygen atoms in total. The van der Waals surface area contributed by atoms with E-state index in [0.717, 1.165) is 17.4 Å². The van der Waals surface area contributed by atoms with Crippen molar-refractivity contribution in [2.45, 2.75) is 22.7 Å². The maximum Gasteiger partial charge on any atom is 0.405 e. The summed E-state index contributed by atoms with van der Waals surface area (Å²) in [6, 6.07) is 9.34. The van der Waals surface area contributed by atoms with Gasteiger partial charge in [-0.1, -0.05) is 41.3 Å². The van der Waals surface area contributed by atoms with Crippen LogP contribution < -0.4 is 10.6 Å². The van der Waals surface area contributed by atoms with Crippen LogP contribution in [0.4, 0.5) is 24.0 Å². The van der Waals surface area contributed by atoms with E-state index < -0.39 is 23.9 Å². The number of para-hydroxylation sites is 1. The second-order valence-electron chi connectivity index (χ2n) is 4.46. The highest BCUT2D eigenvalue weighted by Gasteiger charge is 2.29. The molecule has 0 saturated heterocycles. The molecule has 0 aliphatic heterocycles. The number of amides is 1. The van der Waals surface area contributed by atoms with Crippen LogP contribution in [0.5, 0.6) is 0 Å². The molecule has 2 rings (SSSR count). The highest BCUT2D eigenvalue weighted by Crippen LogP contribution is 2.30.